The first kappa shape index (κ1) is 15.5. The van der Waals surface area contributed by atoms with Gasteiger partial charge < -0.3 is 5.73 Å². The van der Waals surface area contributed by atoms with Crippen molar-refractivity contribution in [2.24, 2.45) is 23.5 Å². The maximum absolute atomic E-state index is 13.5. The van der Waals surface area contributed by atoms with Crippen LogP contribution in [0.1, 0.15) is 50.2 Å². The van der Waals surface area contributed by atoms with E-state index in [1.165, 1.54) is 43.2 Å². The fourth-order valence-corrected chi connectivity index (χ4v) is 3.80. The van der Waals surface area contributed by atoms with E-state index >= 15 is 0 Å². The summed E-state index contributed by atoms with van der Waals surface area (Å²) in [5.74, 6) is 1.98. The molecule has 0 radical (unpaired) electrons. The van der Waals surface area contributed by atoms with E-state index in [0.717, 1.165) is 18.9 Å². The van der Waals surface area contributed by atoms with Crippen molar-refractivity contribution in [1.29, 1.82) is 0 Å². The summed E-state index contributed by atoms with van der Waals surface area (Å²) in [5.41, 5.74) is 8.34. The number of halogens is 1. The van der Waals surface area contributed by atoms with Gasteiger partial charge in [0.1, 0.15) is 5.82 Å². The average molecular weight is 277 g/mol. The number of hydrogen-bond donors (Lipinski definition) is 1. The van der Waals surface area contributed by atoms with Crippen LogP contribution in [0.2, 0.25) is 0 Å². The fraction of sp³-hybridized carbons (Fsp3) is 0.667. The van der Waals surface area contributed by atoms with E-state index in [2.05, 4.69) is 13.8 Å². The van der Waals surface area contributed by atoms with Crippen LogP contribution in [-0.4, -0.2) is 6.54 Å². The molecule has 1 nitrogen and oxygen atoms in total. The molecule has 0 spiro atoms. The van der Waals surface area contributed by atoms with E-state index in [1.54, 1.807) is 12.1 Å². The summed E-state index contributed by atoms with van der Waals surface area (Å²) < 4.78 is 13.5. The Bertz CT molecular complexity index is 429. The third-order valence-electron chi connectivity index (χ3n) is 5.04. The van der Waals surface area contributed by atoms with Gasteiger partial charge in [0.15, 0.2) is 0 Å². The second kappa shape index (κ2) is 7.21. The summed E-state index contributed by atoms with van der Waals surface area (Å²) in [6.07, 6.45) is 7.44. The Balaban J connectivity index is 2.09. The number of aryl methyl sites for hydroxylation is 1. The normalized spacial score (nSPS) is 26.7. The van der Waals surface area contributed by atoms with Crippen LogP contribution in [-0.2, 0) is 6.42 Å². The highest BCUT2D eigenvalue weighted by atomic mass is 19.1. The van der Waals surface area contributed by atoms with Crippen molar-refractivity contribution in [3.05, 3.63) is 35.1 Å². The molecule has 20 heavy (non-hydrogen) atoms. The lowest BCUT2D eigenvalue weighted by atomic mass is 9.70. The highest BCUT2D eigenvalue weighted by molar-refractivity contribution is 5.27. The quantitative estimate of drug-likeness (QED) is 0.844. The molecule has 1 aliphatic carbocycles. The van der Waals surface area contributed by atoms with Crippen LogP contribution in [0.4, 0.5) is 4.39 Å². The monoisotopic (exact) mass is 277 g/mol. The first-order valence-corrected chi connectivity index (χ1v) is 8.09. The smallest absolute Gasteiger partial charge is 0.123 e. The van der Waals surface area contributed by atoms with Crippen LogP contribution in [0.3, 0.4) is 0 Å². The molecular formula is C18H28FN. The molecule has 3 atom stereocenters. The van der Waals surface area contributed by atoms with Gasteiger partial charge in [-0.2, -0.15) is 0 Å². The maximum atomic E-state index is 13.5. The van der Waals surface area contributed by atoms with Crippen molar-refractivity contribution in [3.63, 3.8) is 0 Å². The van der Waals surface area contributed by atoms with E-state index in [0.29, 0.717) is 11.8 Å². The van der Waals surface area contributed by atoms with Gasteiger partial charge in [0.2, 0.25) is 0 Å². The predicted molar refractivity (Wildman–Crippen MR) is 83.1 cm³/mol. The zero-order valence-corrected chi connectivity index (χ0v) is 12.9. The lowest BCUT2D eigenvalue weighted by molar-refractivity contribution is 0.175. The number of nitrogens with two attached hydrogens (primary N) is 1. The summed E-state index contributed by atoms with van der Waals surface area (Å²) in [7, 11) is 0. The van der Waals surface area contributed by atoms with Crippen molar-refractivity contribution < 1.29 is 4.39 Å². The fourth-order valence-electron chi connectivity index (χ4n) is 3.80. The van der Waals surface area contributed by atoms with Crippen molar-refractivity contribution >= 4 is 0 Å². The van der Waals surface area contributed by atoms with Crippen molar-refractivity contribution in [2.75, 3.05) is 6.54 Å². The van der Waals surface area contributed by atoms with Gasteiger partial charge in [0.05, 0.1) is 0 Å². The zero-order valence-electron chi connectivity index (χ0n) is 12.9. The second-order valence-corrected chi connectivity index (χ2v) is 6.50. The van der Waals surface area contributed by atoms with Gasteiger partial charge in [-0.1, -0.05) is 32.3 Å². The van der Waals surface area contributed by atoms with Gasteiger partial charge >= 0.3 is 0 Å². The minimum Gasteiger partial charge on any atom is -0.330 e. The van der Waals surface area contributed by atoms with Crippen LogP contribution >= 0.6 is 0 Å². The molecule has 2 heteroatoms. The average Bonchev–Trinajstić information content (AvgIpc) is 2.44. The minimum atomic E-state index is -0.115. The summed E-state index contributed by atoms with van der Waals surface area (Å²) in [6, 6.07) is 5.17. The Kier molecular flexibility index (Phi) is 5.59. The third kappa shape index (κ3) is 3.82. The second-order valence-electron chi connectivity index (χ2n) is 6.50. The molecule has 1 aromatic carbocycles. The molecular weight excluding hydrogens is 249 g/mol. The molecule has 3 unspecified atom stereocenters. The van der Waals surface area contributed by atoms with Crippen molar-refractivity contribution in [2.45, 2.75) is 52.4 Å². The molecule has 1 aromatic rings. The molecule has 0 heterocycles. The molecule has 0 bridgehead atoms. The minimum absolute atomic E-state index is 0.115. The summed E-state index contributed by atoms with van der Waals surface area (Å²) >= 11 is 0. The summed E-state index contributed by atoms with van der Waals surface area (Å²) in [6.45, 7) is 5.12. The first-order chi connectivity index (χ1) is 9.63. The Labute approximate surface area is 122 Å². The Morgan fingerprint density at radius 3 is 2.75 bits per heavy atom. The Morgan fingerprint density at radius 2 is 2.05 bits per heavy atom. The lowest BCUT2D eigenvalue weighted by Gasteiger charge is -2.36. The van der Waals surface area contributed by atoms with Gasteiger partial charge in [-0.25, -0.2) is 4.39 Å². The maximum Gasteiger partial charge on any atom is 0.123 e. The molecule has 0 aromatic heterocycles. The topological polar surface area (TPSA) is 26.0 Å². The number of rotatable bonds is 5. The Morgan fingerprint density at radius 1 is 1.25 bits per heavy atom. The summed E-state index contributed by atoms with van der Waals surface area (Å²) in [5, 5.41) is 0. The first-order valence-electron chi connectivity index (χ1n) is 8.09. The van der Waals surface area contributed by atoms with E-state index in [1.807, 2.05) is 6.07 Å². The zero-order chi connectivity index (χ0) is 14.5. The standard InChI is InChI=1S/C18H28FN/c1-3-4-14-6-7-15(12-20)17(9-14)10-16-11-18(19)8-5-13(16)2/h5,8,11,14-15,17H,3-4,6-7,9-10,12,20H2,1-2H3. The van der Waals surface area contributed by atoms with Gasteiger partial charge in [-0.3, -0.25) is 0 Å². The summed E-state index contributed by atoms with van der Waals surface area (Å²) in [4.78, 5) is 0. The molecule has 1 fully saturated rings. The van der Waals surface area contributed by atoms with E-state index in [-0.39, 0.29) is 5.82 Å². The van der Waals surface area contributed by atoms with E-state index in [9.17, 15) is 4.39 Å². The molecule has 0 aliphatic heterocycles. The van der Waals surface area contributed by atoms with Crippen molar-refractivity contribution in [1.82, 2.24) is 0 Å². The number of benzene rings is 1. The van der Waals surface area contributed by atoms with Crippen molar-refractivity contribution in [3.8, 4) is 0 Å². The molecule has 0 amide bonds. The molecule has 1 saturated carbocycles. The third-order valence-corrected chi connectivity index (χ3v) is 5.04. The van der Waals surface area contributed by atoms with E-state index < -0.39 is 0 Å². The van der Waals surface area contributed by atoms with Crippen LogP contribution < -0.4 is 5.73 Å². The highest BCUT2D eigenvalue weighted by Gasteiger charge is 2.29. The molecule has 0 saturated heterocycles. The van der Waals surface area contributed by atoms with Crippen LogP contribution in [0, 0.1) is 30.5 Å². The van der Waals surface area contributed by atoms with Crippen LogP contribution in [0.25, 0.3) is 0 Å². The highest BCUT2D eigenvalue weighted by Crippen LogP contribution is 2.37. The SMILES string of the molecule is CCCC1CCC(CN)C(Cc2cc(F)ccc2C)C1. The van der Waals surface area contributed by atoms with Gasteiger partial charge in [-0.15, -0.1) is 0 Å². The lowest BCUT2D eigenvalue weighted by Crippen LogP contribution is -2.31. The van der Waals surface area contributed by atoms with E-state index in [4.69, 9.17) is 5.73 Å². The number of hydrogen-bond acceptors (Lipinski definition) is 1. The molecule has 2 N–H and O–H groups in total. The molecule has 112 valence electrons. The molecule has 2 rings (SSSR count). The molecule has 1 aliphatic rings. The van der Waals surface area contributed by atoms with Gasteiger partial charge in [-0.05, 0) is 73.7 Å². The Hall–Kier alpha value is -0.890. The van der Waals surface area contributed by atoms with Gasteiger partial charge in [0.25, 0.3) is 0 Å². The van der Waals surface area contributed by atoms with Crippen LogP contribution in [0.15, 0.2) is 18.2 Å². The van der Waals surface area contributed by atoms with Gasteiger partial charge in [0, 0.05) is 0 Å². The predicted octanol–water partition coefficient (Wildman–Crippen LogP) is 4.47. The largest absolute Gasteiger partial charge is 0.330 e. The van der Waals surface area contributed by atoms with Crippen LogP contribution in [0.5, 0.6) is 0 Å².